The quantitative estimate of drug-likeness (QED) is 0.806. The summed E-state index contributed by atoms with van der Waals surface area (Å²) in [5.74, 6) is 3.00. The fraction of sp³-hybridized carbons (Fsp3) is 0.500. The Labute approximate surface area is 172 Å². The zero-order chi connectivity index (χ0) is 19.4. The molecule has 1 aromatic heterocycles. The number of hydrogen-bond donors (Lipinski definition) is 0. The molecule has 0 radical (unpaired) electrons. The lowest BCUT2D eigenvalue weighted by Gasteiger charge is -2.34. The van der Waals surface area contributed by atoms with Gasteiger partial charge >= 0.3 is 0 Å². The van der Waals surface area contributed by atoms with Gasteiger partial charge in [-0.3, -0.25) is 4.90 Å². The van der Waals surface area contributed by atoms with Gasteiger partial charge in [-0.1, -0.05) is 55.5 Å². The van der Waals surface area contributed by atoms with Gasteiger partial charge in [0.15, 0.2) is 5.82 Å². The fourth-order valence-electron chi connectivity index (χ4n) is 5.78. The Morgan fingerprint density at radius 3 is 2.79 bits per heavy atom. The van der Waals surface area contributed by atoms with Gasteiger partial charge < -0.3 is 9.47 Å². The summed E-state index contributed by atoms with van der Waals surface area (Å²) in [4.78, 5) is 5.19. The van der Waals surface area contributed by atoms with Crippen molar-refractivity contribution in [1.82, 2.24) is 24.6 Å². The van der Waals surface area contributed by atoms with Crippen molar-refractivity contribution in [2.45, 2.75) is 38.9 Å². The van der Waals surface area contributed by atoms with Crippen LogP contribution in [0.25, 0.3) is 11.4 Å². The zero-order valence-electron chi connectivity index (χ0n) is 17.2. The first-order chi connectivity index (χ1) is 14.3. The van der Waals surface area contributed by atoms with Crippen molar-refractivity contribution in [3.05, 3.63) is 60.0 Å². The van der Waals surface area contributed by atoms with E-state index in [1.807, 2.05) is 6.07 Å². The molecule has 1 aromatic carbocycles. The molecule has 2 aromatic rings. The van der Waals surface area contributed by atoms with Crippen molar-refractivity contribution in [3.8, 4) is 11.4 Å². The summed E-state index contributed by atoms with van der Waals surface area (Å²) in [6.45, 7) is 8.96. The third-order valence-corrected chi connectivity index (χ3v) is 7.60. The lowest BCUT2D eigenvalue weighted by atomic mass is 9.88. The summed E-state index contributed by atoms with van der Waals surface area (Å²) in [5.41, 5.74) is 3.26. The number of likely N-dealkylation sites (tertiary alicyclic amines) is 1. The van der Waals surface area contributed by atoms with E-state index in [9.17, 15) is 0 Å². The third kappa shape index (κ3) is 2.82. The second-order valence-electron chi connectivity index (χ2n) is 9.13. The Balaban J connectivity index is 1.15. The first kappa shape index (κ1) is 17.6. The van der Waals surface area contributed by atoms with E-state index in [-0.39, 0.29) is 0 Å². The maximum Gasteiger partial charge on any atom is 0.164 e. The minimum atomic E-state index is 0.488. The predicted molar refractivity (Wildman–Crippen MR) is 114 cm³/mol. The zero-order valence-corrected chi connectivity index (χ0v) is 17.2. The van der Waals surface area contributed by atoms with Gasteiger partial charge in [-0.25, -0.2) is 0 Å². The Bertz CT molecular complexity index is 974. The molecule has 29 heavy (non-hydrogen) atoms. The second kappa shape index (κ2) is 6.64. The van der Waals surface area contributed by atoms with Crippen LogP contribution in [0.5, 0.6) is 0 Å². The molecule has 2 fully saturated rings. The molecule has 1 saturated carbocycles. The van der Waals surface area contributed by atoms with Crippen LogP contribution in [-0.2, 0) is 13.1 Å². The molecule has 1 saturated heterocycles. The van der Waals surface area contributed by atoms with Crippen molar-refractivity contribution >= 4 is 0 Å². The van der Waals surface area contributed by atoms with E-state index in [1.54, 1.807) is 5.57 Å². The van der Waals surface area contributed by atoms with Crippen LogP contribution < -0.4 is 0 Å². The number of aromatic nitrogens is 3. The Morgan fingerprint density at radius 1 is 1.14 bits per heavy atom. The molecule has 3 unspecified atom stereocenters. The van der Waals surface area contributed by atoms with Crippen LogP contribution in [0, 0.1) is 11.3 Å². The highest BCUT2D eigenvalue weighted by molar-refractivity contribution is 5.55. The number of piperidine rings is 1. The highest BCUT2D eigenvalue weighted by atomic mass is 15.3. The van der Waals surface area contributed by atoms with E-state index in [0.717, 1.165) is 49.2 Å². The van der Waals surface area contributed by atoms with E-state index in [1.165, 1.54) is 26.1 Å². The molecule has 0 N–H and O–H groups in total. The molecule has 4 aliphatic rings. The van der Waals surface area contributed by atoms with Gasteiger partial charge in [0.05, 0.1) is 6.54 Å². The minimum Gasteiger partial charge on any atom is -0.309 e. The third-order valence-electron chi connectivity index (χ3n) is 7.60. The largest absolute Gasteiger partial charge is 0.309 e. The number of allylic oxidation sites excluding steroid dienone is 1. The lowest BCUT2D eigenvalue weighted by molar-refractivity contribution is 0.179. The summed E-state index contributed by atoms with van der Waals surface area (Å²) in [6, 6.07) is 10.9. The molecule has 3 atom stereocenters. The first-order valence-corrected chi connectivity index (χ1v) is 11.1. The summed E-state index contributed by atoms with van der Waals surface area (Å²) in [5, 5.41) is 9.01. The molecule has 150 valence electrons. The number of hydrogen-bond acceptors (Lipinski definition) is 4. The van der Waals surface area contributed by atoms with Crippen LogP contribution in [0.3, 0.4) is 0 Å². The van der Waals surface area contributed by atoms with Gasteiger partial charge in [0.1, 0.15) is 5.82 Å². The standard InChI is InChI=1S/C24H29N5/c1-2-27-15-20-14-24(20,17-27)19-8-10-21(11-9-19)28-12-13-29-22(16-28)25-26-23(29)18-6-4-3-5-7-18/h3-10,20-21H,2,11-17H2,1H3. The lowest BCUT2D eigenvalue weighted by Crippen LogP contribution is -2.41. The summed E-state index contributed by atoms with van der Waals surface area (Å²) in [6.07, 6.45) is 9.98. The van der Waals surface area contributed by atoms with Crippen LogP contribution in [-0.4, -0.2) is 56.8 Å². The maximum atomic E-state index is 4.52. The van der Waals surface area contributed by atoms with Crippen molar-refractivity contribution in [3.63, 3.8) is 0 Å². The van der Waals surface area contributed by atoms with Gasteiger partial charge in [-0.2, -0.15) is 0 Å². The fourth-order valence-corrected chi connectivity index (χ4v) is 5.78. The Hall–Kier alpha value is -2.24. The SMILES string of the molecule is CCN1CC2CC2(C2=CCC(N3CCn4c(nnc4-c4ccccc4)C3)C=C2)C1. The van der Waals surface area contributed by atoms with Gasteiger partial charge in [-0.05, 0) is 30.9 Å². The van der Waals surface area contributed by atoms with Crippen LogP contribution in [0.2, 0.25) is 0 Å². The summed E-state index contributed by atoms with van der Waals surface area (Å²) < 4.78 is 2.30. The molecule has 5 nitrogen and oxygen atoms in total. The maximum absolute atomic E-state index is 4.52. The van der Waals surface area contributed by atoms with Crippen LogP contribution in [0.1, 0.15) is 25.6 Å². The van der Waals surface area contributed by atoms with Crippen molar-refractivity contribution in [2.75, 3.05) is 26.2 Å². The molecule has 6 rings (SSSR count). The number of benzene rings is 1. The molecule has 2 aliphatic heterocycles. The molecule has 0 bridgehead atoms. The average Bonchev–Trinajstić information content (AvgIpc) is 3.14. The minimum absolute atomic E-state index is 0.488. The molecule has 2 aliphatic carbocycles. The second-order valence-corrected chi connectivity index (χ2v) is 9.13. The Kier molecular flexibility index (Phi) is 4.03. The van der Waals surface area contributed by atoms with Gasteiger partial charge in [0, 0.05) is 43.2 Å². The van der Waals surface area contributed by atoms with Crippen molar-refractivity contribution < 1.29 is 0 Å². The average molecular weight is 388 g/mol. The number of nitrogens with zero attached hydrogens (tertiary/aromatic N) is 5. The van der Waals surface area contributed by atoms with E-state index in [2.05, 4.69) is 74.0 Å². The predicted octanol–water partition coefficient (Wildman–Crippen LogP) is 3.36. The summed E-state index contributed by atoms with van der Waals surface area (Å²) >= 11 is 0. The van der Waals surface area contributed by atoms with E-state index >= 15 is 0 Å². The van der Waals surface area contributed by atoms with E-state index in [4.69, 9.17) is 0 Å². The van der Waals surface area contributed by atoms with E-state index < -0.39 is 0 Å². The summed E-state index contributed by atoms with van der Waals surface area (Å²) in [7, 11) is 0. The number of rotatable bonds is 4. The Morgan fingerprint density at radius 2 is 2.03 bits per heavy atom. The number of fused-ring (bicyclic) bond motifs is 2. The molecule has 3 heterocycles. The van der Waals surface area contributed by atoms with Gasteiger partial charge in [0.2, 0.25) is 0 Å². The monoisotopic (exact) mass is 387 g/mol. The smallest absolute Gasteiger partial charge is 0.164 e. The van der Waals surface area contributed by atoms with Crippen molar-refractivity contribution in [1.29, 1.82) is 0 Å². The molecule has 0 spiro atoms. The molecule has 0 amide bonds. The van der Waals surface area contributed by atoms with Crippen LogP contribution in [0.15, 0.2) is 54.1 Å². The van der Waals surface area contributed by atoms with Crippen LogP contribution >= 0.6 is 0 Å². The molecular formula is C24H29N5. The highest BCUT2D eigenvalue weighted by Gasteiger charge is 2.60. The van der Waals surface area contributed by atoms with Crippen LogP contribution in [0.4, 0.5) is 0 Å². The highest BCUT2D eigenvalue weighted by Crippen LogP contribution is 2.62. The van der Waals surface area contributed by atoms with Gasteiger partial charge in [-0.15, -0.1) is 10.2 Å². The molecular weight excluding hydrogens is 358 g/mol. The normalized spacial score (nSPS) is 31.4. The topological polar surface area (TPSA) is 37.2 Å². The van der Waals surface area contributed by atoms with Crippen molar-refractivity contribution in [2.24, 2.45) is 11.3 Å². The first-order valence-electron chi connectivity index (χ1n) is 11.1. The van der Waals surface area contributed by atoms with Gasteiger partial charge in [0.25, 0.3) is 0 Å². The van der Waals surface area contributed by atoms with E-state index in [0.29, 0.717) is 11.5 Å². The molecule has 5 heteroatoms.